The van der Waals surface area contributed by atoms with Crippen LogP contribution in [0.15, 0.2) is 78.1 Å². The predicted octanol–water partition coefficient (Wildman–Crippen LogP) is 4.70. The van der Waals surface area contributed by atoms with Crippen molar-refractivity contribution in [1.82, 2.24) is 19.4 Å². The van der Waals surface area contributed by atoms with Crippen LogP contribution in [0.3, 0.4) is 0 Å². The average molecular weight is 516 g/mol. The topological polar surface area (TPSA) is 138 Å². The first kappa shape index (κ1) is 27.9. The molecule has 5 rings (SSSR count). The Bertz CT molecular complexity index is 1330. The van der Waals surface area contributed by atoms with Crippen LogP contribution in [0.1, 0.15) is 51.9 Å². The van der Waals surface area contributed by atoms with Gasteiger partial charge in [0.2, 0.25) is 0 Å². The van der Waals surface area contributed by atoms with Crippen molar-refractivity contribution in [1.29, 1.82) is 0 Å². The highest BCUT2D eigenvalue weighted by Gasteiger charge is 2.30. The molecule has 0 saturated heterocycles. The first-order valence-electron chi connectivity index (χ1n) is 12.4. The molecule has 2 aromatic heterocycles. The molecule has 0 atom stereocenters. The van der Waals surface area contributed by atoms with E-state index in [0.717, 1.165) is 17.1 Å². The number of benzene rings is 2. The third-order valence-electron chi connectivity index (χ3n) is 5.79. The van der Waals surface area contributed by atoms with Crippen LogP contribution in [0.4, 0.5) is 11.4 Å². The molecule has 0 fully saturated rings. The van der Waals surface area contributed by atoms with Gasteiger partial charge in [0.1, 0.15) is 11.5 Å². The summed E-state index contributed by atoms with van der Waals surface area (Å²) in [5, 5.41) is 5.15. The summed E-state index contributed by atoms with van der Waals surface area (Å²) < 4.78 is 2.07. The van der Waals surface area contributed by atoms with E-state index in [1.165, 1.54) is 7.05 Å². The van der Waals surface area contributed by atoms with Crippen molar-refractivity contribution in [2.75, 3.05) is 24.6 Å². The second kappa shape index (κ2) is 13.5. The molecule has 0 aliphatic carbocycles. The molecule has 2 aromatic carbocycles. The lowest BCUT2D eigenvalue weighted by atomic mass is 10.1. The quantitative estimate of drug-likeness (QED) is 0.261. The van der Waals surface area contributed by atoms with Gasteiger partial charge in [0.05, 0.1) is 19.3 Å². The number of rotatable bonds is 5. The number of hydrogen-bond donors (Lipinski definition) is 3. The van der Waals surface area contributed by atoms with E-state index in [-0.39, 0.29) is 11.8 Å². The number of H-pyrrole nitrogens is 1. The van der Waals surface area contributed by atoms with Crippen molar-refractivity contribution in [2.45, 2.75) is 33.4 Å². The molecule has 10 nitrogen and oxygen atoms in total. The highest BCUT2D eigenvalue weighted by molar-refractivity contribution is 6.04. The maximum atomic E-state index is 13.2. The fourth-order valence-corrected chi connectivity index (χ4v) is 4.10. The summed E-state index contributed by atoms with van der Waals surface area (Å²) in [6.07, 6.45) is 2.33. The van der Waals surface area contributed by atoms with Crippen LogP contribution in [0.25, 0.3) is 0 Å². The Labute approximate surface area is 221 Å². The minimum atomic E-state index is -0.308. The molecule has 38 heavy (non-hydrogen) atoms. The number of fused-ring (bicyclic) bond motifs is 1. The number of nitrogen functional groups attached to an aromatic ring is 1. The lowest BCUT2D eigenvalue weighted by Gasteiger charge is -2.29. The van der Waals surface area contributed by atoms with E-state index >= 15 is 0 Å². The SMILES string of the molecule is CC.CN=O.Nc1ccc(NC(=O)c2nc(Cc3ccccc3)n3c2CN(C(=O)c2ccc[nH]2)CC3)cc1. The number of aromatic amines is 1. The molecule has 3 heterocycles. The van der Waals surface area contributed by atoms with E-state index in [1.54, 1.807) is 47.5 Å². The van der Waals surface area contributed by atoms with Gasteiger partial charge in [0.15, 0.2) is 5.69 Å². The van der Waals surface area contributed by atoms with Gasteiger partial charge in [0, 0.05) is 37.1 Å². The van der Waals surface area contributed by atoms with Crippen LogP contribution < -0.4 is 11.1 Å². The molecule has 10 heteroatoms. The Morgan fingerprint density at radius 1 is 1.03 bits per heavy atom. The van der Waals surface area contributed by atoms with Crippen LogP contribution in [-0.2, 0) is 19.5 Å². The highest BCUT2D eigenvalue weighted by Crippen LogP contribution is 2.24. The Kier molecular flexibility index (Phi) is 9.93. The monoisotopic (exact) mass is 515 g/mol. The van der Waals surface area contributed by atoms with Gasteiger partial charge >= 0.3 is 0 Å². The summed E-state index contributed by atoms with van der Waals surface area (Å²) in [5.74, 6) is 0.407. The minimum Gasteiger partial charge on any atom is -0.399 e. The standard InChI is InChI=1S/C25H24N6O2.C2H6.CH3NO/c26-18-8-10-19(11-9-18)28-24(32)23-21-16-30(25(33)20-7-4-12-27-20)13-14-31(21)22(29-23)15-17-5-2-1-3-6-17;1-2;1-2-3/h1-12,27H,13-16,26H2,(H,28,32);1-2H3;1H3. The molecule has 1 aliphatic heterocycles. The molecule has 0 unspecified atom stereocenters. The summed E-state index contributed by atoms with van der Waals surface area (Å²) in [4.78, 5) is 44.1. The number of aromatic nitrogens is 3. The molecule has 4 aromatic rings. The van der Waals surface area contributed by atoms with Crippen molar-refractivity contribution in [3.05, 3.63) is 106 Å². The molecular weight excluding hydrogens is 482 g/mol. The predicted molar refractivity (Wildman–Crippen MR) is 149 cm³/mol. The zero-order valence-corrected chi connectivity index (χ0v) is 21.8. The van der Waals surface area contributed by atoms with Crippen molar-refractivity contribution >= 4 is 23.2 Å². The molecule has 198 valence electrons. The Morgan fingerprint density at radius 3 is 2.34 bits per heavy atom. The molecule has 0 radical (unpaired) electrons. The number of imidazole rings is 1. The Morgan fingerprint density at radius 2 is 1.71 bits per heavy atom. The molecule has 2 amide bonds. The van der Waals surface area contributed by atoms with Crippen molar-refractivity contribution in [3.8, 4) is 0 Å². The molecule has 0 bridgehead atoms. The fraction of sp³-hybridized carbons (Fsp3) is 0.250. The van der Waals surface area contributed by atoms with Gasteiger partial charge < -0.3 is 25.5 Å². The Balaban J connectivity index is 0.000000748. The lowest BCUT2D eigenvalue weighted by molar-refractivity contribution is 0.0702. The number of nitroso groups, excluding NO2 is 1. The van der Waals surface area contributed by atoms with Gasteiger partial charge in [-0.2, -0.15) is 4.91 Å². The number of nitrogens with one attached hydrogen (secondary N) is 2. The summed E-state index contributed by atoms with van der Waals surface area (Å²) in [7, 11) is 1.19. The van der Waals surface area contributed by atoms with Crippen molar-refractivity contribution in [3.63, 3.8) is 0 Å². The van der Waals surface area contributed by atoms with Gasteiger partial charge in [0.25, 0.3) is 11.8 Å². The van der Waals surface area contributed by atoms with Crippen LogP contribution in [0.2, 0.25) is 0 Å². The zero-order valence-electron chi connectivity index (χ0n) is 21.8. The van der Waals surface area contributed by atoms with Crippen LogP contribution in [0.5, 0.6) is 0 Å². The zero-order chi connectivity index (χ0) is 27.5. The van der Waals surface area contributed by atoms with Gasteiger partial charge in [-0.1, -0.05) is 49.4 Å². The van der Waals surface area contributed by atoms with Gasteiger partial charge in [-0.25, -0.2) is 4.98 Å². The van der Waals surface area contributed by atoms with Gasteiger partial charge in [-0.3, -0.25) is 9.59 Å². The third kappa shape index (κ3) is 6.73. The van der Waals surface area contributed by atoms with Gasteiger partial charge in [-0.15, -0.1) is 0 Å². The third-order valence-corrected chi connectivity index (χ3v) is 5.79. The molecular formula is C28H33N7O3. The molecule has 1 aliphatic rings. The van der Waals surface area contributed by atoms with Crippen molar-refractivity contribution in [2.24, 2.45) is 5.18 Å². The number of anilines is 2. The van der Waals surface area contributed by atoms with E-state index in [1.807, 2.05) is 44.2 Å². The van der Waals surface area contributed by atoms with Crippen LogP contribution in [-0.4, -0.2) is 44.8 Å². The summed E-state index contributed by atoms with van der Waals surface area (Å²) in [6.45, 7) is 5.43. The largest absolute Gasteiger partial charge is 0.399 e. The molecule has 0 saturated carbocycles. The number of nitrogens with zero attached hydrogens (tertiary/aromatic N) is 4. The lowest BCUT2D eigenvalue weighted by Crippen LogP contribution is -2.39. The van der Waals surface area contributed by atoms with E-state index in [2.05, 4.69) is 20.0 Å². The average Bonchev–Trinajstić information content (AvgIpc) is 3.60. The van der Waals surface area contributed by atoms with E-state index < -0.39 is 0 Å². The first-order chi connectivity index (χ1) is 18.5. The minimum absolute atomic E-state index is 0.0954. The van der Waals surface area contributed by atoms with Gasteiger partial charge in [-0.05, 0) is 42.0 Å². The Hall–Kier alpha value is -4.73. The second-order valence-corrected chi connectivity index (χ2v) is 8.21. The number of carbonyl (C=O) groups excluding carboxylic acids is 2. The molecule has 0 spiro atoms. The first-order valence-corrected chi connectivity index (χ1v) is 12.4. The van der Waals surface area contributed by atoms with E-state index in [4.69, 9.17) is 15.6 Å². The number of amides is 2. The number of carbonyl (C=O) groups is 2. The number of hydrogen-bond acceptors (Lipinski definition) is 6. The second-order valence-electron chi connectivity index (χ2n) is 8.21. The van der Waals surface area contributed by atoms with Crippen LogP contribution >= 0.6 is 0 Å². The summed E-state index contributed by atoms with van der Waals surface area (Å²) in [6, 6.07) is 20.5. The summed E-state index contributed by atoms with van der Waals surface area (Å²) in [5.41, 5.74) is 9.72. The van der Waals surface area contributed by atoms with E-state index in [0.29, 0.717) is 48.8 Å². The smallest absolute Gasteiger partial charge is 0.276 e. The maximum Gasteiger partial charge on any atom is 0.276 e. The highest BCUT2D eigenvalue weighted by atomic mass is 16.2. The summed E-state index contributed by atoms with van der Waals surface area (Å²) >= 11 is 0. The van der Waals surface area contributed by atoms with E-state index in [9.17, 15) is 9.59 Å². The molecule has 4 N–H and O–H groups in total. The van der Waals surface area contributed by atoms with Crippen molar-refractivity contribution < 1.29 is 9.59 Å². The normalized spacial score (nSPS) is 11.7. The fourth-order valence-electron chi connectivity index (χ4n) is 4.10. The number of nitrogens with two attached hydrogens (primary N) is 1. The van der Waals surface area contributed by atoms with Crippen LogP contribution in [0, 0.1) is 4.91 Å². The maximum absolute atomic E-state index is 13.2.